The van der Waals surface area contributed by atoms with Crippen LogP contribution >= 0.6 is 12.9 Å². The van der Waals surface area contributed by atoms with Crippen LogP contribution < -0.4 is 15.4 Å². The smallest absolute Gasteiger partial charge is 0.412 e. The number of thiol groups is 1. The predicted molar refractivity (Wildman–Crippen MR) is 177 cm³/mol. The molecule has 1 heterocycles. The molecule has 0 unspecified atom stereocenters. The van der Waals surface area contributed by atoms with Gasteiger partial charge in [-0.05, 0) is 69.4 Å². The monoisotopic (exact) mass is 626 g/mol. The van der Waals surface area contributed by atoms with Gasteiger partial charge in [-0.3, -0.25) is 14.9 Å². The first kappa shape index (κ1) is 35.0. The highest BCUT2D eigenvalue weighted by molar-refractivity contribution is 7.74. The number of ether oxygens (including phenoxy) is 2. The fraction of sp³-hybridized carbons (Fsp3) is 0.529. The highest BCUT2D eigenvalue weighted by Gasteiger charge is 2.41. The van der Waals surface area contributed by atoms with Crippen molar-refractivity contribution in [3.63, 3.8) is 0 Å². The van der Waals surface area contributed by atoms with Crippen molar-refractivity contribution in [1.82, 2.24) is 0 Å². The zero-order chi connectivity index (χ0) is 32.0. The molecule has 1 aliphatic rings. The molecule has 0 spiro atoms. The minimum atomic E-state index is -0.652. The van der Waals surface area contributed by atoms with Gasteiger partial charge < -0.3 is 14.8 Å². The molecule has 2 N–H and O–H groups in total. The largest absolute Gasteiger partial charge is 0.494 e. The van der Waals surface area contributed by atoms with Crippen LogP contribution in [0.1, 0.15) is 121 Å². The third-order valence-electron chi connectivity index (χ3n) is 7.81. The maximum Gasteiger partial charge on any atom is 0.412 e. The summed E-state index contributed by atoms with van der Waals surface area (Å²) in [4.78, 5) is 36.4. The molecule has 0 radical (unpaired) electrons. The Morgan fingerprint density at radius 2 is 1.68 bits per heavy atom. The lowest BCUT2D eigenvalue weighted by Crippen LogP contribution is -2.39. The summed E-state index contributed by atoms with van der Waals surface area (Å²) in [6.07, 6.45) is 13.1. The van der Waals surface area contributed by atoms with Crippen molar-refractivity contribution in [2.24, 2.45) is 0 Å². The molecule has 3 rings (SSSR count). The van der Waals surface area contributed by atoms with Crippen LogP contribution in [0.15, 0.2) is 36.4 Å². The van der Waals surface area contributed by atoms with Gasteiger partial charge in [-0.2, -0.15) is 4.28 Å². The standard InChI is InChI=1S/C34H47N3O6S/c1-5-7-9-11-19-34(20-12-10-8-6-2)30-24-28(16-17-31(30)36-33(40)42-34)41-22-14-13-21-37(43-44)32-18-15-27(35-26(4)39)23-29(32)25(3)38/h15-18,21,23-24H,5-14,19-20,22H2,1-4H3,(H2-,35,36,39,40,44)/p+1. The van der Waals surface area contributed by atoms with Crippen molar-refractivity contribution in [2.75, 3.05) is 17.2 Å². The lowest BCUT2D eigenvalue weighted by atomic mass is 9.81. The molecule has 0 saturated heterocycles. The highest BCUT2D eigenvalue weighted by Crippen LogP contribution is 2.45. The number of cyclic esters (lactones) is 1. The molecule has 9 nitrogen and oxygen atoms in total. The predicted octanol–water partition coefficient (Wildman–Crippen LogP) is 8.90. The number of rotatable bonds is 19. The Morgan fingerprint density at radius 3 is 2.30 bits per heavy atom. The van der Waals surface area contributed by atoms with E-state index in [1.165, 1.54) is 31.4 Å². The number of amides is 2. The molecule has 44 heavy (non-hydrogen) atoms. The number of unbranched alkanes of at least 4 members (excludes halogenated alkanes) is 7. The fourth-order valence-corrected chi connectivity index (χ4v) is 5.74. The highest BCUT2D eigenvalue weighted by atomic mass is 32.1. The van der Waals surface area contributed by atoms with E-state index in [0.29, 0.717) is 36.4 Å². The quantitative estimate of drug-likeness (QED) is 0.0274. The van der Waals surface area contributed by atoms with Crippen LogP contribution in [0.4, 0.5) is 21.9 Å². The Morgan fingerprint density at radius 1 is 0.977 bits per heavy atom. The van der Waals surface area contributed by atoms with Crippen LogP contribution in [-0.4, -0.2) is 35.3 Å². The van der Waals surface area contributed by atoms with E-state index in [4.69, 9.17) is 13.8 Å². The van der Waals surface area contributed by atoms with Crippen molar-refractivity contribution in [2.45, 2.75) is 110 Å². The second-order valence-corrected chi connectivity index (χ2v) is 11.6. The van der Waals surface area contributed by atoms with Crippen molar-refractivity contribution in [3.05, 3.63) is 47.5 Å². The summed E-state index contributed by atoms with van der Waals surface area (Å²) in [5.41, 5.74) is 2.58. The van der Waals surface area contributed by atoms with Crippen LogP contribution in [0.3, 0.4) is 0 Å². The number of nitrogens with zero attached hydrogens (tertiary/aromatic N) is 1. The van der Waals surface area contributed by atoms with Gasteiger partial charge in [0, 0.05) is 35.4 Å². The molecule has 0 bridgehead atoms. The van der Waals surface area contributed by atoms with Crippen LogP contribution in [0.5, 0.6) is 5.75 Å². The summed E-state index contributed by atoms with van der Waals surface area (Å²) in [6.45, 7) is 7.71. The maximum absolute atomic E-state index is 12.6. The molecule has 0 atom stereocenters. The Bertz CT molecular complexity index is 1300. The lowest BCUT2D eigenvalue weighted by Gasteiger charge is -2.39. The van der Waals surface area contributed by atoms with E-state index in [1.807, 2.05) is 18.2 Å². The van der Waals surface area contributed by atoms with Gasteiger partial charge in [0.25, 0.3) is 5.69 Å². The molecule has 2 aromatic carbocycles. The maximum atomic E-state index is 12.6. The molecule has 0 fully saturated rings. The number of hydrogen-bond acceptors (Lipinski definition) is 7. The van der Waals surface area contributed by atoms with Crippen LogP contribution in [0.2, 0.25) is 0 Å². The fourth-order valence-electron chi connectivity index (χ4n) is 5.59. The molecule has 0 aromatic heterocycles. The van der Waals surface area contributed by atoms with E-state index >= 15 is 0 Å². The number of benzene rings is 2. The normalized spacial score (nSPS) is 13.8. The zero-order valence-corrected chi connectivity index (χ0v) is 27.5. The number of nitrogens with one attached hydrogen (secondary N) is 2. The molecular formula is C34H48N3O6S+. The molecule has 0 saturated carbocycles. The van der Waals surface area contributed by atoms with E-state index in [2.05, 4.69) is 37.4 Å². The SMILES string of the molecule is CCCCCCC1(CCCCCC)OC(=O)Nc2ccc(OCCCC=[N+](OS)c3ccc(NC(C)=O)cc3C(C)=O)cc21. The Labute approximate surface area is 267 Å². The number of Topliss-reactive ketones (excluding diaryl/α,β-unsaturated/α-hetero) is 1. The van der Waals surface area contributed by atoms with Gasteiger partial charge >= 0.3 is 6.09 Å². The van der Waals surface area contributed by atoms with Gasteiger partial charge in [0.1, 0.15) is 24.3 Å². The summed E-state index contributed by atoms with van der Waals surface area (Å²) in [5, 5.41) is 5.58. The molecular weight excluding hydrogens is 578 g/mol. The average Bonchev–Trinajstić information content (AvgIpc) is 2.99. The van der Waals surface area contributed by atoms with Gasteiger partial charge in [0.2, 0.25) is 12.1 Å². The molecule has 2 aromatic rings. The molecule has 1 aliphatic heterocycles. The Hall–Kier alpha value is -3.53. The Balaban J connectivity index is 1.71. The third-order valence-corrected chi connectivity index (χ3v) is 7.98. The number of carbonyl (C=O) groups excluding carboxylic acids is 3. The first-order chi connectivity index (χ1) is 21.2. The number of hydrogen-bond donors (Lipinski definition) is 3. The van der Waals surface area contributed by atoms with Gasteiger partial charge in [-0.1, -0.05) is 52.4 Å². The summed E-state index contributed by atoms with van der Waals surface area (Å²) < 4.78 is 18.9. The minimum Gasteiger partial charge on any atom is -0.494 e. The van der Waals surface area contributed by atoms with Gasteiger partial charge in [-0.25, -0.2) is 4.79 Å². The molecule has 2 amide bonds. The van der Waals surface area contributed by atoms with E-state index < -0.39 is 5.60 Å². The van der Waals surface area contributed by atoms with Crippen molar-refractivity contribution in [1.29, 1.82) is 0 Å². The number of ketones is 1. The summed E-state index contributed by atoms with van der Waals surface area (Å²) in [7, 11) is 0. The van der Waals surface area contributed by atoms with Crippen LogP contribution in [-0.2, 0) is 19.4 Å². The molecule has 0 aliphatic carbocycles. The van der Waals surface area contributed by atoms with E-state index in [1.54, 1.807) is 24.4 Å². The first-order valence-electron chi connectivity index (χ1n) is 15.9. The van der Waals surface area contributed by atoms with E-state index in [0.717, 1.165) is 68.4 Å². The zero-order valence-electron chi connectivity index (χ0n) is 26.6. The van der Waals surface area contributed by atoms with E-state index in [9.17, 15) is 14.4 Å². The summed E-state index contributed by atoms with van der Waals surface area (Å²) in [5.74, 6) is 0.338. The average molecular weight is 627 g/mol. The second kappa shape index (κ2) is 17.7. The Kier molecular flexibility index (Phi) is 14.1. The topological polar surface area (TPSA) is 106 Å². The van der Waals surface area contributed by atoms with E-state index in [-0.39, 0.29) is 17.8 Å². The number of fused-ring (bicyclic) bond motifs is 1. The van der Waals surface area contributed by atoms with Crippen molar-refractivity contribution in [3.8, 4) is 5.75 Å². The number of anilines is 2. The van der Waals surface area contributed by atoms with Crippen molar-refractivity contribution < 1.29 is 32.9 Å². The molecule has 10 heteroatoms. The van der Waals surface area contributed by atoms with Gasteiger partial charge in [0.15, 0.2) is 5.78 Å². The van der Waals surface area contributed by atoms with Crippen molar-refractivity contribution >= 4 is 54.0 Å². The lowest BCUT2D eigenvalue weighted by molar-refractivity contribution is -0.672. The van der Waals surface area contributed by atoms with Crippen LogP contribution in [0.25, 0.3) is 0 Å². The summed E-state index contributed by atoms with van der Waals surface area (Å²) >= 11 is 3.99. The van der Waals surface area contributed by atoms with Gasteiger partial charge in [0.05, 0.1) is 17.9 Å². The summed E-state index contributed by atoms with van der Waals surface area (Å²) in [6, 6.07) is 10.8. The second-order valence-electron chi connectivity index (χ2n) is 11.4. The number of carbonyl (C=O) groups is 3. The third kappa shape index (κ3) is 10.0. The first-order valence-corrected chi connectivity index (χ1v) is 16.2. The molecule has 240 valence electrons. The van der Waals surface area contributed by atoms with Crippen LogP contribution in [0, 0.1) is 0 Å². The van der Waals surface area contributed by atoms with Gasteiger partial charge in [-0.15, -0.1) is 0 Å². The minimum absolute atomic E-state index is 0.168.